The molecule has 0 spiro atoms. The summed E-state index contributed by atoms with van der Waals surface area (Å²) >= 11 is 0. The molecule has 2 heterocycles. The van der Waals surface area contributed by atoms with Crippen molar-refractivity contribution in [3.05, 3.63) is 41.6 Å². The van der Waals surface area contributed by atoms with Gasteiger partial charge in [-0.25, -0.2) is 0 Å². The zero-order valence-corrected chi connectivity index (χ0v) is 14.1. The van der Waals surface area contributed by atoms with E-state index >= 15 is 0 Å². The van der Waals surface area contributed by atoms with Crippen LogP contribution in [0.5, 0.6) is 0 Å². The molecule has 1 aliphatic heterocycles. The van der Waals surface area contributed by atoms with Gasteiger partial charge in [0.25, 0.3) is 5.91 Å². The monoisotopic (exact) mass is 312 g/mol. The summed E-state index contributed by atoms with van der Waals surface area (Å²) in [6, 6.07) is 10.3. The van der Waals surface area contributed by atoms with Crippen LogP contribution in [0.2, 0.25) is 0 Å². The van der Waals surface area contributed by atoms with Crippen molar-refractivity contribution in [3.8, 4) is 0 Å². The number of benzene rings is 1. The number of ether oxygens (including phenoxy) is 1. The lowest BCUT2D eigenvalue weighted by Gasteiger charge is -2.37. The van der Waals surface area contributed by atoms with Gasteiger partial charge in [0, 0.05) is 36.4 Å². The van der Waals surface area contributed by atoms with Crippen molar-refractivity contribution in [1.82, 2.24) is 9.88 Å². The van der Waals surface area contributed by atoms with Gasteiger partial charge in [-0.05, 0) is 45.7 Å². The SMILES string of the molecule is Cc1ccc2cccc(C(=O)N(C(C)C)C3CCOCC3)c2n1. The first-order valence-electron chi connectivity index (χ1n) is 8.34. The molecule has 0 atom stereocenters. The van der Waals surface area contributed by atoms with Gasteiger partial charge in [-0.2, -0.15) is 0 Å². The topological polar surface area (TPSA) is 42.4 Å². The molecule has 1 amide bonds. The maximum Gasteiger partial charge on any atom is 0.256 e. The van der Waals surface area contributed by atoms with Crippen molar-refractivity contribution in [2.45, 2.75) is 45.7 Å². The van der Waals surface area contributed by atoms with Gasteiger partial charge in [0.2, 0.25) is 0 Å². The Labute approximate surface area is 137 Å². The molecule has 0 unspecified atom stereocenters. The van der Waals surface area contributed by atoms with Crippen LogP contribution in [0.4, 0.5) is 0 Å². The highest BCUT2D eigenvalue weighted by atomic mass is 16.5. The normalized spacial score (nSPS) is 16.0. The molecule has 23 heavy (non-hydrogen) atoms. The minimum absolute atomic E-state index is 0.0793. The molecule has 1 fully saturated rings. The molecule has 0 N–H and O–H groups in total. The Kier molecular flexibility index (Phi) is 4.62. The van der Waals surface area contributed by atoms with Crippen LogP contribution in [0.25, 0.3) is 10.9 Å². The number of aromatic nitrogens is 1. The largest absolute Gasteiger partial charge is 0.381 e. The lowest BCUT2D eigenvalue weighted by atomic mass is 10.0. The predicted molar refractivity (Wildman–Crippen MR) is 91.6 cm³/mol. The van der Waals surface area contributed by atoms with Gasteiger partial charge in [-0.1, -0.05) is 18.2 Å². The van der Waals surface area contributed by atoms with E-state index in [9.17, 15) is 4.79 Å². The molecule has 122 valence electrons. The number of nitrogens with zero attached hydrogens (tertiary/aromatic N) is 2. The summed E-state index contributed by atoms with van der Waals surface area (Å²) in [5.41, 5.74) is 2.43. The number of para-hydroxylation sites is 1. The number of aryl methyl sites for hydroxylation is 1. The molecule has 1 saturated heterocycles. The van der Waals surface area contributed by atoms with Crippen LogP contribution in [0.1, 0.15) is 42.7 Å². The van der Waals surface area contributed by atoms with Gasteiger partial charge in [0.1, 0.15) is 0 Å². The van der Waals surface area contributed by atoms with E-state index in [1.165, 1.54) is 0 Å². The van der Waals surface area contributed by atoms with Crippen LogP contribution in [0.3, 0.4) is 0 Å². The smallest absolute Gasteiger partial charge is 0.256 e. The van der Waals surface area contributed by atoms with Gasteiger partial charge in [0.05, 0.1) is 11.1 Å². The first kappa shape index (κ1) is 15.9. The molecule has 1 aromatic heterocycles. The van der Waals surface area contributed by atoms with Crippen molar-refractivity contribution in [3.63, 3.8) is 0 Å². The Morgan fingerprint density at radius 3 is 2.65 bits per heavy atom. The second-order valence-corrected chi connectivity index (χ2v) is 6.48. The molecule has 0 aliphatic carbocycles. The van der Waals surface area contributed by atoms with E-state index in [2.05, 4.69) is 18.8 Å². The summed E-state index contributed by atoms with van der Waals surface area (Å²) in [7, 11) is 0. The number of pyridine rings is 1. The van der Waals surface area contributed by atoms with E-state index in [4.69, 9.17) is 4.74 Å². The van der Waals surface area contributed by atoms with E-state index < -0.39 is 0 Å². The zero-order chi connectivity index (χ0) is 16.4. The standard InChI is InChI=1S/C19H24N2O2/c1-13(2)21(16-9-11-23-12-10-16)19(22)17-6-4-5-15-8-7-14(3)20-18(15)17/h4-8,13,16H,9-12H2,1-3H3. The maximum atomic E-state index is 13.3. The number of hydrogen-bond donors (Lipinski definition) is 0. The van der Waals surface area contributed by atoms with Crippen molar-refractivity contribution >= 4 is 16.8 Å². The van der Waals surface area contributed by atoms with Gasteiger partial charge >= 0.3 is 0 Å². The van der Waals surface area contributed by atoms with Crippen LogP contribution in [0, 0.1) is 6.92 Å². The van der Waals surface area contributed by atoms with E-state index in [-0.39, 0.29) is 18.0 Å². The predicted octanol–water partition coefficient (Wildman–Crippen LogP) is 3.57. The molecule has 0 bridgehead atoms. The number of carbonyl (C=O) groups excluding carboxylic acids is 1. The molecule has 1 aliphatic rings. The van der Waals surface area contributed by atoms with E-state index in [0.29, 0.717) is 5.56 Å². The second kappa shape index (κ2) is 6.67. The average molecular weight is 312 g/mol. The van der Waals surface area contributed by atoms with E-state index in [0.717, 1.165) is 42.7 Å². The molecule has 3 rings (SSSR count). The number of carbonyl (C=O) groups is 1. The van der Waals surface area contributed by atoms with Crippen molar-refractivity contribution < 1.29 is 9.53 Å². The van der Waals surface area contributed by atoms with Gasteiger partial charge in [-0.3, -0.25) is 9.78 Å². The highest BCUT2D eigenvalue weighted by Crippen LogP contribution is 2.24. The highest BCUT2D eigenvalue weighted by molar-refractivity contribution is 6.05. The molecule has 2 aromatic rings. The third-order valence-corrected chi connectivity index (χ3v) is 4.46. The zero-order valence-electron chi connectivity index (χ0n) is 14.1. The fourth-order valence-electron chi connectivity index (χ4n) is 3.34. The van der Waals surface area contributed by atoms with Crippen LogP contribution in [-0.2, 0) is 4.74 Å². The summed E-state index contributed by atoms with van der Waals surface area (Å²) in [6.45, 7) is 7.58. The van der Waals surface area contributed by atoms with Crippen LogP contribution >= 0.6 is 0 Å². The second-order valence-electron chi connectivity index (χ2n) is 6.48. The molecule has 0 radical (unpaired) electrons. The number of amides is 1. The summed E-state index contributed by atoms with van der Waals surface area (Å²) in [5, 5.41) is 1.01. The Bertz CT molecular complexity index is 706. The molecular formula is C19H24N2O2. The fourth-order valence-corrected chi connectivity index (χ4v) is 3.34. The fraction of sp³-hybridized carbons (Fsp3) is 0.474. The summed E-state index contributed by atoms with van der Waals surface area (Å²) in [6.07, 6.45) is 1.81. The lowest BCUT2D eigenvalue weighted by molar-refractivity contribution is 0.0207. The first-order chi connectivity index (χ1) is 11.1. The van der Waals surface area contributed by atoms with Gasteiger partial charge in [-0.15, -0.1) is 0 Å². The van der Waals surface area contributed by atoms with Crippen molar-refractivity contribution in [2.24, 2.45) is 0 Å². The maximum absolute atomic E-state index is 13.3. The highest BCUT2D eigenvalue weighted by Gasteiger charge is 2.29. The molecule has 4 heteroatoms. The quantitative estimate of drug-likeness (QED) is 0.870. The van der Waals surface area contributed by atoms with E-state index in [1.807, 2.05) is 42.2 Å². The first-order valence-corrected chi connectivity index (χ1v) is 8.34. The number of hydrogen-bond acceptors (Lipinski definition) is 3. The number of fused-ring (bicyclic) bond motifs is 1. The molecule has 1 aromatic carbocycles. The van der Waals surface area contributed by atoms with Crippen molar-refractivity contribution in [1.29, 1.82) is 0 Å². The minimum atomic E-state index is 0.0793. The lowest BCUT2D eigenvalue weighted by Crippen LogP contribution is -2.47. The minimum Gasteiger partial charge on any atom is -0.381 e. The summed E-state index contributed by atoms with van der Waals surface area (Å²) < 4.78 is 5.45. The van der Waals surface area contributed by atoms with Crippen LogP contribution in [-0.4, -0.2) is 41.1 Å². The van der Waals surface area contributed by atoms with Crippen molar-refractivity contribution in [2.75, 3.05) is 13.2 Å². The Hall–Kier alpha value is -1.94. The average Bonchev–Trinajstić information content (AvgIpc) is 2.55. The van der Waals surface area contributed by atoms with Gasteiger partial charge < -0.3 is 9.64 Å². The van der Waals surface area contributed by atoms with E-state index in [1.54, 1.807) is 0 Å². The number of rotatable bonds is 3. The third-order valence-electron chi connectivity index (χ3n) is 4.46. The molecule has 4 nitrogen and oxygen atoms in total. The molecule has 0 saturated carbocycles. The summed E-state index contributed by atoms with van der Waals surface area (Å²) in [4.78, 5) is 19.9. The Morgan fingerprint density at radius 1 is 1.22 bits per heavy atom. The van der Waals surface area contributed by atoms with Crippen LogP contribution < -0.4 is 0 Å². The third kappa shape index (κ3) is 3.22. The Morgan fingerprint density at radius 2 is 1.96 bits per heavy atom. The Balaban J connectivity index is 2.01. The molecular weight excluding hydrogens is 288 g/mol. The van der Waals surface area contributed by atoms with Gasteiger partial charge in [0.15, 0.2) is 0 Å². The van der Waals surface area contributed by atoms with Crippen LogP contribution in [0.15, 0.2) is 30.3 Å². The summed E-state index contributed by atoms with van der Waals surface area (Å²) in [5.74, 6) is 0.0793.